The zero-order valence-electron chi connectivity index (χ0n) is 22.9. The molecule has 10 heteroatoms. The SMILES string of the molecule is CCCCNC(=O)[C@@H](Cc1ccccc1)N(Cc1ccc(F)cc1)C(=O)CN(c1ccc(Br)c(C)c1)S(C)(=O)=O. The number of aryl methyl sites for hydroxylation is 1. The van der Waals surface area contributed by atoms with Crippen LogP contribution in [0.25, 0.3) is 0 Å². The minimum atomic E-state index is -3.86. The summed E-state index contributed by atoms with van der Waals surface area (Å²) in [7, 11) is -3.86. The van der Waals surface area contributed by atoms with Crippen LogP contribution in [0, 0.1) is 12.7 Å². The summed E-state index contributed by atoms with van der Waals surface area (Å²) in [5.74, 6) is -1.31. The standard InChI is InChI=1S/C30H35BrFN3O4S/c1-4-5-17-33-30(37)28(19-23-9-7-6-8-10-23)34(20-24-11-13-25(32)14-12-24)29(36)21-35(40(3,38)39)26-15-16-27(31)22(2)18-26/h6-16,18,28H,4-5,17,19-21H2,1-3H3,(H,33,37)/t28-/m1/s1. The van der Waals surface area contributed by atoms with E-state index in [9.17, 15) is 22.4 Å². The fourth-order valence-electron chi connectivity index (χ4n) is 4.24. The molecule has 0 saturated heterocycles. The lowest BCUT2D eigenvalue weighted by Crippen LogP contribution is -2.53. The second kappa shape index (κ2) is 14.4. The first-order valence-corrected chi connectivity index (χ1v) is 15.7. The number of nitrogens with zero attached hydrogens (tertiary/aromatic N) is 2. The molecule has 0 heterocycles. The Morgan fingerprint density at radius 3 is 2.27 bits per heavy atom. The van der Waals surface area contributed by atoms with E-state index in [1.807, 2.05) is 44.2 Å². The molecule has 0 saturated carbocycles. The average molecular weight is 633 g/mol. The number of sulfonamides is 1. The summed E-state index contributed by atoms with van der Waals surface area (Å²) < 4.78 is 41.3. The molecule has 0 aromatic heterocycles. The molecule has 7 nitrogen and oxygen atoms in total. The number of halogens is 2. The normalized spacial score (nSPS) is 12.0. The van der Waals surface area contributed by atoms with Crippen LogP contribution in [0.5, 0.6) is 0 Å². The first-order valence-electron chi connectivity index (χ1n) is 13.1. The summed E-state index contributed by atoms with van der Waals surface area (Å²) in [6.07, 6.45) is 2.93. The number of hydrogen-bond donors (Lipinski definition) is 1. The van der Waals surface area contributed by atoms with Gasteiger partial charge in [0.05, 0.1) is 11.9 Å². The number of carbonyl (C=O) groups excluding carboxylic acids is 2. The Morgan fingerprint density at radius 2 is 1.68 bits per heavy atom. The summed E-state index contributed by atoms with van der Waals surface area (Å²) >= 11 is 3.42. The van der Waals surface area contributed by atoms with Gasteiger partial charge >= 0.3 is 0 Å². The van der Waals surface area contributed by atoms with Gasteiger partial charge in [-0.05, 0) is 60.4 Å². The second-order valence-corrected chi connectivity index (χ2v) is 12.5. The third-order valence-electron chi connectivity index (χ3n) is 6.48. The maximum absolute atomic E-state index is 14.0. The van der Waals surface area contributed by atoms with Gasteiger partial charge in [-0.15, -0.1) is 0 Å². The van der Waals surface area contributed by atoms with Crippen molar-refractivity contribution in [2.45, 2.75) is 45.7 Å². The van der Waals surface area contributed by atoms with Gasteiger partial charge in [0.2, 0.25) is 21.8 Å². The quantitative estimate of drug-likeness (QED) is 0.262. The minimum Gasteiger partial charge on any atom is -0.354 e. The predicted molar refractivity (Wildman–Crippen MR) is 160 cm³/mol. The van der Waals surface area contributed by atoms with Crippen molar-refractivity contribution in [1.82, 2.24) is 10.2 Å². The Morgan fingerprint density at radius 1 is 1.00 bits per heavy atom. The highest BCUT2D eigenvalue weighted by atomic mass is 79.9. The monoisotopic (exact) mass is 631 g/mol. The number of anilines is 1. The molecule has 0 unspecified atom stereocenters. The predicted octanol–water partition coefficient (Wildman–Crippen LogP) is 5.22. The Balaban J connectivity index is 2.03. The highest BCUT2D eigenvalue weighted by molar-refractivity contribution is 9.10. The Labute approximate surface area is 244 Å². The molecule has 0 aliphatic carbocycles. The van der Waals surface area contributed by atoms with Crippen molar-refractivity contribution in [2.24, 2.45) is 0 Å². The van der Waals surface area contributed by atoms with E-state index in [-0.39, 0.29) is 18.9 Å². The number of rotatable bonds is 13. The van der Waals surface area contributed by atoms with E-state index in [2.05, 4.69) is 21.2 Å². The van der Waals surface area contributed by atoms with Crippen LogP contribution < -0.4 is 9.62 Å². The largest absolute Gasteiger partial charge is 0.354 e. The van der Waals surface area contributed by atoms with E-state index in [1.54, 1.807) is 30.3 Å². The molecule has 1 N–H and O–H groups in total. The molecule has 0 bridgehead atoms. The highest BCUT2D eigenvalue weighted by Gasteiger charge is 2.33. The zero-order chi connectivity index (χ0) is 29.3. The summed E-state index contributed by atoms with van der Waals surface area (Å²) in [6, 6.07) is 19.1. The minimum absolute atomic E-state index is 0.00518. The molecular weight excluding hydrogens is 597 g/mol. The first-order chi connectivity index (χ1) is 19.0. The molecule has 3 aromatic carbocycles. The summed E-state index contributed by atoms with van der Waals surface area (Å²) in [5.41, 5.74) is 2.60. The molecule has 2 amide bonds. The van der Waals surface area contributed by atoms with Gasteiger partial charge in [-0.3, -0.25) is 13.9 Å². The number of benzene rings is 3. The molecule has 3 rings (SSSR count). The van der Waals surface area contributed by atoms with Gasteiger partial charge in [0.25, 0.3) is 0 Å². The number of unbranched alkanes of at least 4 members (excludes halogenated alkanes) is 1. The fraction of sp³-hybridized carbons (Fsp3) is 0.333. The average Bonchev–Trinajstić information content (AvgIpc) is 2.92. The summed E-state index contributed by atoms with van der Waals surface area (Å²) in [6.45, 7) is 3.78. The molecule has 0 aliphatic heterocycles. The second-order valence-electron chi connectivity index (χ2n) is 9.70. The van der Waals surface area contributed by atoms with Crippen molar-refractivity contribution in [3.63, 3.8) is 0 Å². The smallest absolute Gasteiger partial charge is 0.244 e. The third-order valence-corrected chi connectivity index (χ3v) is 8.51. The lowest BCUT2D eigenvalue weighted by atomic mass is 10.0. The summed E-state index contributed by atoms with van der Waals surface area (Å²) in [4.78, 5) is 29.0. The van der Waals surface area contributed by atoms with Crippen LogP contribution in [-0.4, -0.2) is 50.5 Å². The van der Waals surface area contributed by atoms with Crippen LogP contribution in [0.1, 0.15) is 36.5 Å². The topological polar surface area (TPSA) is 86.8 Å². The highest BCUT2D eigenvalue weighted by Crippen LogP contribution is 2.25. The molecule has 214 valence electrons. The van der Waals surface area contributed by atoms with E-state index >= 15 is 0 Å². The van der Waals surface area contributed by atoms with E-state index in [0.717, 1.165) is 39.0 Å². The molecule has 0 radical (unpaired) electrons. The van der Waals surface area contributed by atoms with Gasteiger partial charge in [0, 0.05) is 24.0 Å². The molecular formula is C30H35BrFN3O4S. The molecule has 0 fully saturated rings. The maximum atomic E-state index is 14.0. The lowest BCUT2D eigenvalue weighted by molar-refractivity contribution is -0.140. The van der Waals surface area contributed by atoms with Crippen molar-refractivity contribution in [3.05, 3.63) is 99.8 Å². The van der Waals surface area contributed by atoms with Gasteiger partial charge < -0.3 is 10.2 Å². The van der Waals surface area contributed by atoms with Crippen LogP contribution in [0.3, 0.4) is 0 Å². The number of amides is 2. The number of nitrogens with one attached hydrogen (secondary N) is 1. The first kappa shape index (κ1) is 31.3. The number of carbonyl (C=O) groups is 2. The van der Waals surface area contributed by atoms with Crippen LogP contribution in [0.4, 0.5) is 10.1 Å². The maximum Gasteiger partial charge on any atom is 0.244 e. The van der Waals surface area contributed by atoms with Gasteiger partial charge in [-0.1, -0.05) is 71.7 Å². The van der Waals surface area contributed by atoms with Crippen molar-refractivity contribution < 1.29 is 22.4 Å². The Bertz CT molecular complexity index is 1400. The van der Waals surface area contributed by atoms with Crippen LogP contribution in [-0.2, 0) is 32.6 Å². The molecule has 0 spiro atoms. The molecule has 1 atom stereocenters. The van der Waals surface area contributed by atoms with E-state index in [1.165, 1.54) is 17.0 Å². The van der Waals surface area contributed by atoms with E-state index in [0.29, 0.717) is 17.8 Å². The third kappa shape index (κ3) is 8.89. The van der Waals surface area contributed by atoms with Gasteiger partial charge in [-0.2, -0.15) is 0 Å². The van der Waals surface area contributed by atoms with Crippen molar-refractivity contribution >= 4 is 43.5 Å². The Hall–Kier alpha value is -3.24. The Kier molecular flexibility index (Phi) is 11.3. The van der Waals surface area contributed by atoms with Crippen molar-refractivity contribution in [2.75, 3.05) is 23.7 Å². The zero-order valence-corrected chi connectivity index (χ0v) is 25.3. The lowest BCUT2D eigenvalue weighted by Gasteiger charge is -2.33. The van der Waals surface area contributed by atoms with Crippen molar-refractivity contribution in [1.29, 1.82) is 0 Å². The van der Waals surface area contributed by atoms with Crippen LogP contribution >= 0.6 is 15.9 Å². The molecule has 3 aromatic rings. The molecule has 0 aliphatic rings. The van der Waals surface area contributed by atoms with Crippen LogP contribution in [0.2, 0.25) is 0 Å². The molecule has 40 heavy (non-hydrogen) atoms. The van der Waals surface area contributed by atoms with Gasteiger partial charge in [-0.25, -0.2) is 12.8 Å². The van der Waals surface area contributed by atoms with E-state index < -0.39 is 34.3 Å². The van der Waals surface area contributed by atoms with Gasteiger partial charge in [0.1, 0.15) is 18.4 Å². The summed E-state index contributed by atoms with van der Waals surface area (Å²) in [5, 5.41) is 2.93. The number of hydrogen-bond acceptors (Lipinski definition) is 4. The van der Waals surface area contributed by atoms with Gasteiger partial charge in [0.15, 0.2) is 0 Å². The van der Waals surface area contributed by atoms with Crippen molar-refractivity contribution in [3.8, 4) is 0 Å². The van der Waals surface area contributed by atoms with Crippen LogP contribution in [0.15, 0.2) is 77.3 Å². The van der Waals surface area contributed by atoms with E-state index in [4.69, 9.17) is 0 Å². The fourth-order valence-corrected chi connectivity index (χ4v) is 5.33.